The quantitative estimate of drug-likeness (QED) is 0.130. The van der Waals surface area contributed by atoms with Crippen molar-refractivity contribution in [3.63, 3.8) is 0 Å². The summed E-state index contributed by atoms with van der Waals surface area (Å²) < 4.78 is 16.7. The van der Waals surface area contributed by atoms with Gasteiger partial charge < -0.3 is 29.8 Å². The average molecular weight is 695 g/mol. The Kier molecular flexibility index (Phi) is 13.9. The number of pyridine rings is 1. The van der Waals surface area contributed by atoms with Crippen LogP contribution in [0.25, 0.3) is 11.5 Å². The van der Waals surface area contributed by atoms with Crippen molar-refractivity contribution in [1.29, 1.82) is 0 Å². The Balaban J connectivity index is 0.000000311. The monoisotopic (exact) mass is 694 g/mol. The van der Waals surface area contributed by atoms with Gasteiger partial charge in [0.1, 0.15) is 6.54 Å². The fraction of sp³-hybridized carbons (Fsp3) is 0.289. The third-order valence-corrected chi connectivity index (χ3v) is 8.90. The molecule has 3 aromatic carbocycles. The molecule has 11 nitrogen and oxygen atoms in total. The van der Waals surface area contributed by atoms with Crippen LogP contribution in [0.1, 0.15) is 30.0 Å². The molecule has 0 radical (unpaired) electrons. The van der Waals surface area contributed by atoms with Gasteiger partial charge in [0.05, 0.1) is 19.3 Å². The summed E-state index contributed by atoms with van der Waals surface area (Å²) in [7, 11) is 1.25. The minimum Gasteiger partial charge on any atom is -0.453 e. The van der Waals surface area contributed by atoms with Crippen LogP contribution in [-0.4, -0.2) is 71.4 Å². The summed E-state index contributed by atoms with van der Waals surface area (Å²) in [4.78, 5) is 27.4. The van der Waals surface area contributed by atoms with Crippen LogP contribution in [-0.2, 0) is 27.1 Å². The third-order valence-electron chi connectivity index (χ3n) is 8.00. The predicted molar refractivity (Wildman–Crippen MR) is 194 cm³/mol. The Morgan fingerprint density at radius 3 is 2.30 bits per heavy atom. The normalized spacial score (nSPS) is 16.8. The van der Waals surface area contributed by atoms with E-state index >= 15 is 0 Å². The zero-order chi connectivity index (χ0) is 35.0. The third kappa shape index (κ3) is 11.5. The van der Waals surface area contributed by atoms with Crippen molar-refractivity contribution >= 4 is 29.4 Å². The lowest BCUT2D eigenvalue weighted by molar-refractivity contribution is -0.115. The molecule has 260 valence electrons. The molecule has 3 atom stereocenters. The van der Waals surface area contributed by atoms with Crippen LogP contribution in [0.5, 0.6) is 0 Å². The van der Waals surface area contributed by atoms with Gasteiger partial charge in [-0.3, -0.25) is 9.78 Å². The number of ether oxygens (including phenoxy) is 2. The molecule has 50 heavy (non-hydrogen) atoms. The minimum atomic E-state index is -0.652. The van der Waals surface area contributed by atoms with Crippen molar-refractivity contribution < 1.29 is 23.5 Å². The molecule has 0 aliphatic carbocycles. The van der Waals surface area contributed by atoms with Crippen molar-refractivity contribution in [2.75, 3.05) is 31.3 Å². The topological polar surface area (TPSA) is 140 Å². The number of nitrogens with zero attached hydrogens (tertiary/aromatic N) is 3. The number of anilines is 1. The van der Waals surface area contributed by atoms with E-state index in [1.54, 1.807) is 12.4 Å². The number of benzene rings is 3. The lowest BCUT2D eigenvalue weighted by Crippen LogP contribution is -2.52. The maximum absolute atomic E-state index is 12.2. The van der Waals surface area contributed by atoms with Crippen LogP contribution in [0, 0.1) is 0 Å². The number of methoxy groups -OCH3 is 1. The van der Waals surface area contributed by atoms with Crippen molar-refractivity contribution in [1.82, 2.24) is 25.8 Å². The van der Waals surface area contributed by atoms with Crippen molar-refractivity contribution in [3.05, 3.63) is 126 Å². The maximum Gasteiger partial charge on any atom is 0.407 e. The van der Waals surface area contributed by atoms with Gasteiger partial charge in [-0.15, -0.1) is 10.2 Å². The molecule has 0 spiro atoms. The average Bonchev–Trinajstić information content (AvgIpc) is 3.64. The van der Waals surface area contributed by atoms with Crippen LogP contribution in [0.3, 0.4) is 0 Å². The summed E-state index contributed by atoms with van der Waals surface area (Å²) in [6, 6.07) is 32.5. The van der Waals surface area contributed by atoms with E-state index < -0.39 is 6.09 Å². The Bertz CT molecular complexity index is 1720. The van der Waals surface area contributed by atoms with E-state index in [1.807, 2.05) is 36.4 Å². The number of carbonyl (C=O) groups excluding carboxylic acids is 2. The molecule has 1 aliphatic heterocycles. The Labute approximate surface area is 296 Å². The molecule has 5 aromatic rings. The highest BCUT2D eigenvalue weighted by Crippen LogP contribution is 2.26. The molecule has 1 saturated heterocycles. The highest BCUT2D eigenvalue weighted by molar-refractivity contribution is 7.99. The molecule has 3 heterocycles. The predicted octanol–water partition coefficient (Wildman–Crippen LogP) is 6.17. The first-order chi connectivity index (χ1) is 24.5. The summed E-state index contributed by atoms with van der Waals surface area (Å²) >= 11 is 1.47. The van der Waals surface area contributed by atoms with Crippen LogP contribution in [0.2, 0.25) is 0 Å². The summed E-state index contributed by atoms with van der Waals surface area (Å²) in [6.07, 6.45) is 5.24. The molecular weight excluding hydrogens is 653 g/mol. The van der Waals surface area contributed by atoms with E-state index in [9.17, 15) is 9.59 Å². The number of aromatic nitrogens is 3. The molecular formula is C38H42N6O5S. The zero-order valence-corrected chi connectivity index (χ0v) is 29.0. The Morgan fingerprint density at radius 1 is 0.920 bits per heavy atom. The summed E-state index contributed by atoms with van der Waals surface area (Å²) in [6.45, 7) is 2.68. The van der Waals surface area contributed by atoms with E-state index in [0.29, 0.717) is 22.6 Å². The number of nitrogens with one attached hydrogen (secondary N) is 3. The second-order valence-corrected chi connectivity index (χ2v) is 12.6. The van der Waals surface area contributed by atoms with E-state index in [0.717, 1.165) is 36.9 Å². The highest BCUT2D eigenvalue weighted by atomic mass is 32.2. The number of alkyl carbamates (subject to hydrolysis) is 1. The van der Waals surface area contributed by atoms with E-state index in [1.165, 1.54) is 30.0 Å². The fourth-order valence-corrected chi connectivity index (χ4v) is 6.18. The smallest absolute Gasteiger partial charge is 0.407 e. The van der Waals surface area contributed by atoms with Gasteiger partial charge in [0.25, 0.3) is 5.22 Å². The first-order valence-corrected chi connectivity index (χ1v) is 17.5. The number of para-hydroxylation sites is 1. The van der Waals surface area contributed by atoms with Gasteiger partial charge >= 0.3 is 6.09 Å². The Morgan fingerprint density at radius 2 is 1.60 bits per heavy atom. The molecule has 0 bridgehead atoms. The number of rotatable bonds is 12. The summed E-state index contributed by atoms with van der Waals surface area (Å²) in [5.74, 6) is 0.806. The molecule has 3 N–H and O–H groups in total. The second kappa shape index (κ2) is 19.2. The Hall–Kier alpha value is -5.04. The van der Waals surface area contributed by atoms with Gasteiger partial charge in [-0.05, 0) is 61.1 Å². The molecule has 1 aliphatic rings. The van der Waals surface area contributed by atoms with Crippen molar-refractivity contribution in [2.24, 2.45) is 0 Å². The number of aryl methyl sites for hydroxylation is 1. The zero-order valence-electron chi connectivity index (χ0n) is 28.2. The largest absolute Gasteiger partial charge is 0.453 e. The van der Waals surface area contributed by atoms with Gasteiger partial charge in [-0.25, -0.2) is 4.79 Å². The van der Waals surface area contributed by atoms with E-state index in [4.69, 9.17) is 9.15 Å². The highest BCUT2D eigenvalue weighted by Gasteiger charge is 2.28. The standard InChI is InChI=1S/C25H30N6O5S.C13H12/c1-16-21(15-37-25-31-30-23(36-25)18-9-11-26-12-10-18)35-19(13-27-16)8-7-17-5-3-4-6-20(17)29-22(32)14-28-24(33)34-2;1-3-7-12(8-4-1)11-13-9-5-2-6-10-13/h3-6,9-12,16,19,21,27H,7-8,13-15H2,1-2H3,(H,28,33)(H,29,32);1-10H,11H2/t16-,19-,21?;/m1./s1. The van der Waals surface area contributed by atoms with Crippen LogP contribution < -0.4 is 16.0 Å². The van der Waals surface area contributed by atoms with Gasteiger partial charge in [-0.1, -0.05) is 90.6 Å². The van der Waals surface area contributed by atoms with Gasteiger partial charge in [0.2, 0.25) is 11.8 Å². The lowest BCUT2D eigenvalue weighted by atomic mass is 10.0. The molecule has 2 amide bonds. The van der Waals surface area contributed by atoms with Gasteiger partial charge in [0, 0.05) is 42.0 Å². The number of morpholine rings is 1. The number of hydrogen-bond acceptors (Lipinski definition) is 10. The first-order valence-electron chi connectivity index (χ1n) is 16.5. The molecule has 1 unspecified atom stereocenters. The van der Waals surface area contributed by atoms with Crippen LogP contribution in [0.15, 0.2) is 119 Å². The summed E-state index contributed by atoms with van der Waals surface area (Å²) in [5.41, 5.74) is 5.28. The number of hydrogen-bond donors (Lipinski definition) is 3. The van der Waals surface area contributed by atoms with Crippen molar-refractivity contribution in [3.8, 4) is 11.5 Å². The molecule has 2 aromatic heterocycles. The molecule has 0 saturated carbocycles. The molecule has 12 heteroatoms. The summed E-state index contributed by atoms with van der Waals surface area (Å²) in [5, 5.41) is 17.5. The molecule has 1 fully saturated rings. The van der Waals surface area contributed by atoms with Crippen LogP contribution in [0.4, 0.5) is 10.5 Å². The maximum atomic E-state index is 12.2. The fourth-order valence-electron chi connectivity index (χ4n) is 5.27. The van der Waals surface area contributed by atoms with Gasteiger partial charge in [-0.2, -0.15) is 0 Å². The van der Waals surface area contributed by atoms with E-state index in [-0.39, 0.29) is 30.7 Å². The number of carbonyl (C=O) groups is 2. The van der Waals surface area contributed by atoms with E-state index in [2.05, 4.69) is 103 Å². The van der Waals surface area contributed by atoms with Crippen molar-refractivity contribution in [2.45, 2.75) is 49.7 Å². The van der Waals surface area contributed by atoms with Gasteiger partial charge in [0.15, 0.2) is 0 Å². The number of amides is 2. The van der Waals surface area contributed by atoms with Crippen LogP contribution >= 0.6 is 11.8 Å². The SMILES string of the molecule is COC(=O)NCC(=O)Nc1ccccc1CC[C@@H]1CN[C@H](C)C(CSc2nnc(-c3ccncc3)o2)O1.c1ccc(Cc2ccccc2)cc1. The minimum absolute atomic E-state index is 0.0154. The molecule has 6 rings (SSSR count). The number of thioether (sulfide) groups is 1. The first kappa shape index (κ1) is 36.2. The second-order valence-electron chi connectivity index (χ2n) is 11.7. The lowest BCUT2D eigenvalue weighted by Gasteiger charge is -2.35.